The molecule has 10 heteroatoms. The molecule has 1 aromatic heterocycles. The number of carbonyl (C=O) groups is 1. The molecular formula is C21H21Cl2N3O3S2. The van der Waals surface area contributed by atoms with Crippen molar-refractivity contribution < 1.29 is 13.2 Å². The number of sulfonamides is 1. The number of halogens is 2. The number of rotatable bonds is 4. The molecule has 0 radical (unpaired) electrons. The fourth-order valence-corrected chi connectivity index (χ4v) is 6.89. The molecule has 4 rings (SSSR count). The zero-order chi connectivity index (χ0) is 22.2. The van der Waals surface area contributed by atoms with Crippen LogP contribution in [-0.2, 0) is 16.6 Å². The van der Waals surface area contributed by atoms with Crippen molar-refractivity contribution in [1.29, 1.82) is 0 Å². The molecule has 0 bridgehead atoms. The molecule has 164 valence electrons. The van der Waals surface area contributed by atoms with Gasteiger partial charge in [0.15, 0.2) is 4.80 Å². The number of hydrogen-bond acceptors (Lipinski definition) is 4. The molecule has 1 amide bonds. The number of aromatic nitrogens is 1. The van der Waals surface area contributed by atoms with E-state index in [0.717, 1.165) is 29.5 Å². The Morgan fingerprint density at radius 2 is 1.68 bits per heavy atom. The summed E-state index contributed by atoms with van der Waals surface area (Å²) in [7, 11) is -3.54. The SMILES string of the molecule is CCn1c(=NC(=O)c2ccc(S(=O)(=O)N3CCCCC3)cc2)sc2c(Cl)ccc(Cl)c21. The number of nitrogens with zero attached hydrogens (tertiary/aromatic N) is 3. The van der Waals surface area contributed by atoms with Gasteiger partial charge >= 0.3 is 0 Å². The number of aryl methyl sites for hydroxylation is 1. The Morgan fingerprint density at radius 3 is 2.32 bits per heavy atom. The highest BCUT2D eigenvalue weighted by atomic mass is 35.5. The van der Waals surface area contributed by atoms with E-state index in [1.807, 2.05) is 11.5 Å². The zero-order valence-electron chi connectivity index (χ0n) is 16.8. The minimum absolute atomic E-state index is 0.190. The summed E-state index contributed by atoms with van der Waals surface area (Å²) in [6.07, 6.45) is 2.79. The summed E-state index contributed by atoms with van der Waals surface area (Å²) in [6.45, 7) is 3.57. The van der Waals surface area contributed by atoms with Crippen LogP contribution < -0.4 is 4.80 Å². The third-order valence-electron chi connectivity index (χ3n) is 5.30. The molecule has 0 saturated carbocycles. The maximum Gasteiger partial charge on any atom is 0.279 e. The Morgan fingerprint density at radius 1 is 1.03 bits per heavy atom. The molecule has 2 heterocycles. The molecule has 0 atom stereocenters. The molecule has 0 aliphatic carbocycles. The lowest BCUT2D eigenvalue weighted by atomic mass is 10.2. The summed E-state index contributed by atoms with van der Waals surface area (Å²) in [4.78, 5) is 17.7. The number of amides is 1. The molecule has 6 nitrogen and oxygen atoms in total. The highest BCUT2D eigenvalue weighted by molar-refractivity contribution is 7.89. The van der Waals surface area contributed by atoms with Gasteiger partial charge in [0.05, 0.1) is 25.2 Å². The molecule has 1 fully saturated rings. The summed E-state index contributed by atoms with van der Waals surface area (Å²) in [5.41, 5.74) is 1.06. The van der Waals surface area contributed by atoms with E-state index in [1.165, 1.54) is 39.9 Å². The van der Waals surface area contributed by atoms with Crippen molar-refractivity contribution in [2.45, 2.75) is 37.6 Å². The molecule has 31 heavy (non-hydrogen) atoms. The minimum Gasteiger partial charge on any atom is -0.315 e. The molecule has 0 unspecified atom stereocenters. The molecule has 1 saturated heterocycles. The number of benzene rings is 2. The Bertz CT molecular complexity index is 1310. The van der Waals surface area contributed by atoms with Gasteiger partial charge in [-0.25, -0.2) is 8.42 Å². The van der Waals surface area contributed by atoms with Gasteiger partial charge in [-0.15, -0.1) is 0 Å². The third-order valence-corrected chi connectivity index (χ3v) is 9.05. The molecule has 3 aromatic rings. The van der Waals surface area contributed by atoms with Gasteiger partial charge in [0.1, 0.15) is 0 Å². The van der Waals surface area contributed by atoms with Gasteiger partial charge in [0, 0.05) is 25.2 Å². The van der Waals surface area contributed by atoms with Crippen molar-refractivity contribution in [2.24, 2.45) is 4.99 Å². The lowest BCUT2D eigenvalue weighted by Gasteiger charge is -2.25. The van der Waals surface area contributed by atoms with Crippen molar-refractivity contribution >= 4 is 60.7 Å². The van der Waals surface area contributed by atoms with Crippen LogP contribution in [0.1, 0.15) is 36.5 Å². The Kier molecular flexibility index (Phi) is 6.55. The van der Waals surface area contributed by atoms with Gasteiger partial charge < -0.3 is 4.57 Å². The van der Waals surface area contributed by atoms with Crippen LogP contribution in [0.5, 0.6) is 0 Å². The molecular weight excluding hydrogens is 477 g/mol. The van der Waals surface area contributed by atoms with Crippen molar-refractivity contribution in [2.75, 3.05) is 13.1 Å². The third kappa shape index (κ3) is 4.32. The van der Waals surface area contributed by atoms with E-state index in [1.54, 1.807) is 12.1 Å². The Labute approximate surface area is 194 Å². The van der Waals surface area contributed by atoms with Crippen LogP contribution in [0.4, 0.5) is 0 Å². The first-order chi connectivity index (χ1) is 14.8. The van der Waals surface area contributed by atoms with E-state index in [-0.39, 0.29) is 4.90 Å². The summed E-state index contributed by atoms with van der Waals surface area (Å²) < 4.78 is 29.7. The fraction of sp³-hybridized carbons (Fsp3) is 0.333. The predicted octanol–water partition coefficient (Wildman–Crippen LogP) is 4.95. The van der Waals surface area contributed by atoms with Crippen molar-refractivity contribution in [3.8, 4) is 0 Å². The van der Waals surface area contributed by atoms with E-state index in [2.05, 4.69) is 4.99 Å². The number of piperidine rings is 1. The topological polar surface area (TPSA) is 71.7 Å². The minimum atomic E-state index is -3.54. The fourth-order valence-electron chi connectivity index (χ4n) is 3.66. The molecule has 0 N–H and O–H groups in total. The van der Waals surface area contributed by atoms with Crippen LogP contribution >= 0.6 is 34.5 Å². The molecule has 1 aliphatic rings. The lowest BCUT2D eigenvalue weighted by molar-refractivity contribution is 0.0997. The normalized spacial score (nSPS) is 16.2. The number of carbonyl (C=O) groups excluding carboxylic acids is 1. The highest BCUT2D eigenvalue weighted by Gasteiger charge is 2.26. The molecule has 0 spiro atoms. The standard InChI is InChI=1S/C21H21Cl2N3O3S2/c1-2-26-18-16(22)10-11-17(23)19(18)30-21(26)24-20(27)14-6-8-15(9-7-14)31(28,29)25-12-4-3-5-13-25/h6-11H,2-5,12-13H2,1H3. The second-order valence-corrected chi connectivity index (χ2v) is 11.0. The first-order valence-electron chi connectivity index (χ1n) is 9.99. The second-order valence-electron chi connectivity index (χ2n) is 7.24. The van der Waals surface area contributed by atoms with E-state index in [0.29, 0.717) is 40.0 Å². The van der Waals surface area contributed by atoms with Gasteiger partial charge in [-0.1, -0.05) is 41.0 Å². The van der Waals surface area contributed by atoms with Crippen LogP contribution in [0.3, 0.4) is 0 Å². The van der Waals surface area contributed by atoms with Crippen molar-refractivity contribution in [1.82, 2.24) is 8.87 Å². The maximum atomic E-state index is 12.8. The largest absolute Gasteiger partial charge is 0.315 e. The van der Waals surface area contributed by atoms with E-state index < -0.39 is 15.9 Å². The summed E-state index contributed by atoms with van der Waals surface area (Å²) in [5.74, 6) is -0.456. The number of fused-ring (bicyclic) bond motifs is 1. The van der Waals surface area contributed by atoms with Crippen molar-refractivity contribution in [3.63, 3.8) is 0 Å². The average Bonchev–Trinajstić information content (AvgIpc) is 3.16. The quantitative estimate of drug-likeness (QED) is 0.511. The van der Waals surface area contributed by atoms with Crippen LogP contribution in [0.25, 0.3) is 10.2 Å². The van der Waals surface area contributed by atoms with Crippen LogP contribution in [0.15, 0.2) is 46.3 Å². The molecule has 2 aromatic carbocycles. The highest BCUT2D eigenvalue weighted by Crippen LogP contribution is 2.32. The van der Waals surface area contributed by atoms with Gasteiger partial charge in [0.2, 0.25) is 10.0 Å². The van der Waals surface area contributed by atoms with Crippen LogP contribution in [0.2, 0.25) is 10.0 Å². The van der Waals surface area contributed by atoms with Gasteiger partial charge in [-0.05, 0) is 56.2 Å². The monoisotopic (exact) mass is 497 g/mol. The first kappa shape index (κ1) is 22.5. The van der Waals surface area contributed by atoms with E-state index in [9.17, 15) is 13.2 Å². The van der Waals surface area contributed by atoms with Crippen LogP contribution in [-0.4, -0.2) is 36.3 Å². The van der Waals surface area contributed by atoms with E-state index >= 15 is 0 Å². The lowest BCUT2D eigenvalue weighted by Crippen LogP contribution is -2.35. The van der Waals surface area contributed by atoms with Gasteiger partial charge in [0.25, 0.3) is 5.91 Å². The predicted molar refractivity (Wildman–Crippen MR) is 124 cm³/mol. The summed E-state index contributed by atoms with van der Waals surface area (Å²) in [6, 6.07) is 9.39. The Hall–Kier alpha value is -1.71. The first-order valence-corrected chi connectivity index (χ1v) is 13.0. The summed E-state index contributed by atoms with van der Waals surface area (Å²) >= 11 is 13.9. The second kappa shape index (κ2) is 9.03. The van der Waals surface area contributed by atoms with Gasteiger partial charge in [-0.2, -0.15) is 9.30 Å². The smallest absolute Gasteiger partial charge is 0.279 e. The van der Waals surface area contributed by atoms with Crippen molar-refractivity contribution in [3.05, 3.63) is 56.8 Å². The van der Waals surface area contributed by atoms with Gasteiger partial charge in [-0.3, -0.25) is 4.79 Å². The summed E-state index contributed by atoms with van der Waals surface area (Å²) in [5, 5.41) is 1.09. The van der Waals surface area contributed by atoms with E-state index in [4.69, 9.17) is 23.2 Å². The molecule has 1 aliphatic heterocycles. The number of hydrogen-bond donors (Lipinski definition) is 0. The number of thiazole rings is 1. The average molecular weight is 498 g/mol. The zero-order valence-corrected chi connectivity index (χ0v) is 20.0. The Balaban J connectivity index is 1.67. The maximum absolute atomic E-state index is 12.8. The van der Waals surface area contributed by atoms with Crippen LogP contribution in [0, 0.1) is 0 Å².